The average Bonchev–Trinajstić information content (AvgIpc) is 2.82. The largest absolute Gasteiger partial charge is 0.476 e. The highest BCUT2D eigenvalue weighted by Gasteiger charge is 2.18. The average molecular weight is 259 g/mol. The topological polar surface area (TPSA) is 85.1 Å². The number of hydrogen-bond acceptors (Lipinski definition) is 4. The van der Waals surface area contributed by atoms with Crippen LogP contribution in [0.4, 0.5) is 0 Å². The molecule has 0 saturated carbocycles. The second-order valence-electron chi connectivity index (χ2n) is 4.06. The van der Waals surface area contributed by atoms with Crippen molar-refractivity contribution in [3.05, 3.63) is 41.2 Å². The van der Waals surface area contributed by atoms with Crippen LogP contribution in [-0.4, -0.2) is 31.9 Å². The van der Waals surface area contributed by atoms with E-state index >= 15 is 0 Å². The maximum absolute atomic E-state index is 11.4. The molecule has 0 amide bonds. The Morgan fingerprint density at radius 2 is 2.11 bits per heavy atom. The molecule has 19 heavy (non-hydrogen) atoms. The molecule has 6 nitrogen and oxygen atoms in total. The Bertz CT molecular complexity index is 646. The Labute approximate surface area is 109 Å². The number of carbonyl (C=O) groups excluding carboxylic acids is 1. The van der Waals surface area contributed by atoms with Gasteiger partial charge in [-0.25, -0.2) is 9.48 Å². The summed E-state index contributed by atoms with van der Waals surface area (Å²) < 4.78 is 1.45. The third kappa shape index (κ3) is 2.37. The van der Waals surface area contributed by atoms with Gasteiger partial charge in [-0.1, -0.05) is 24.3 Å². The molecule has 0 aliphatic rings. The maximum Gasteiger partial charge on any atom is 0.358 e. The Balaban J connectivity index is 2.56. The number of benzene rings is 1. The molecular weight excluding hydrogens is 246 g/mol. The number of aromatic carboxylic acids is 1. The van der Waals surface area contributed by atoms with Crippen LogP contribution in [0, 0.1) is 0 Å². The molecule has 2 rings (SSSR count). The molecule has 0 atom stereocenters. The third-order valence-electron chi connectivity index (χ3n) is 2.80. The lowest BCUT2D eigenvalue weighted by atomic mass is 10.1. The van der Waals surface area contributed by atoms with Crippen molar-refractivity contribution in [2.24, 2.45) is 0 Å². The summed E-state index contributed by atoms with van der Waals surface area (Å²) in [5, 5.41) is 16.5. The minimum absolute atomic E-state index is 0.0570. The summed E-state index contributed by atoms with van der Waals surface area (Å²) in [6.45, 7) is 3.31. The Morgan fingerprint density at radius 1 is 1.37 bits per heavy atom. The maximum atomic E-state index is 11.4. The molecule has 0 aliphatic carbocycles. The Morgan fingerprint density at radius 3 is 2.68 bits per heavy atom. The molecule has 2 aromatic rings. The number of aromatic nitrogens is 3. The van der Waals surface area contributed by atoms with Gasteiger partial charge in [-0.15, -0.1) is 5.10 Å². The second-order valence-corrected chi connectivity index (χ2v) is 4.06. The molecule has 1 N–H and O–H groups in total. The Kier molecular flexibility index (Phi) is 3.41. The number of carboxylic acid groups (broad SMARTS) is 1. The highest BCUT2D eigenvalue weighted by atomic mass is 16.4. The molecule has 1 aromatic carbocycles. The van der Waals surface area contributed by atoms with Crippen molar-refractivity contribution in [3.8, 4) is 5.69 Å². The van der Waals surface area contributed by atoms with E-state index in [9.17, 15) is 9.59 Å². The minimum atomic E-state index is -1.11. The van der Waals surface area contributed by atoms with Crippen LogP contribution in [0.2, 0.25) is 0 Å². The molecule has 0 radical (unpaired) electrons. The third-order valence-corrected chi connectivity index (χ3v) is 2.80. The molecular formula is C13H13N3O3. The standard InChI is InChI=1S/C13H13N3O3/c1-3-11-12(13(18)19)14-15-16(11)10-6-4-5-9(7-10)8(2)17/h4-7H,3H2,1-2H3,(H,18,19). The highest BCUT2D eigenvalue weighted by Crippen LogP contribution is 2.15. The van der Waals surface area contributed by atoms with Gasteiger partial charge < -0.3 is 5.11 Å². The summed E-state index contributed by atoms with van der Waals surface area (Å²) in [6.07, 6.45) is 0.485. The van der Waals surface area contributed by atoms with Gasteiger partial charge in [0, 0.05) is 5.56 Å². The first kappa shape index (κ1) is 12.9. The van der Waals surface area contributed by atoms with Crippen molar-refractivity contribution >= 4 is 11.8 Å². The van der Waals surface area contributed by atoms with Gasteiger partial charge in [-0.05, 0) is 25.5 Å². The van der Waals surface area contributed by atoms with Gasteiger partial charge in [0.25, 0.3) is 0 Å². The lowest BCUT2D eigenvalue weighted by molar-refractivity contribution is 0.0689. The molecule has 0 spiro atoms. The van der Waals surface area contributed by atoms with Crippen LogP contribution in [-0.2, 0) is 6.42 Å². The van der Waals surface area contributed by atoms with Crippen molar-refractivity contribution in [2.45, 2.75) is 20.3 Å². The van der Waals surface area contributed by atoms with Gasteiger partial charge in [-0.3, -0.25) is 4.79 Å². The molecule has 98 valence electrons. The number of nitrogens with zero attached hydrogens (tertiary/aromatic N) is 3. The van der Waals surface area contributed by atoms with E-state index in [2.05, 4.69) is 10.3 Å². The van der Waals surface area contributed by atoms with E-state index in [0.717, 1.165) is 0 Å². The van der Waals surface area contributed by atoms with Crippen LogP contribution in [0.25, 0.3) is 5.69 Å². The van der Waals surface area contributed by atoms with Crippen LogP contribution >= 0.6 is 0 Å². The SMILES string of the molecule is CCc1c(C(=O)O)nnn1-c1cccc(C(C)=O)c1. The molecule has 0 fully saturated rings. The molecule has 0 unspecified atom stereocenters. The fourth-order valence-electron chi connectivity index (χ4n) is 1.85. The van der Waals surface area contributed by atoms with E-state index in [1.807, 2.05) is 6.92 Å². The van der Waals surface area contributed by atoms with E-state index < -0.39 is 5.97 Å². The first-order valence-corrected chi connectivity index (χ1v) is 5.83. The molecule has 0 saturated heterocycles. The quantitative estimate of drug-likeness (QED) is 0.845. The van der Waals surface area contributed by atoms with Crippen molar-refractivity contribution in [3.63, 3.8) is 0 Å². The first-order chi connectivity index (χ1) is 9.04. The fraction of sp³-hybridized carbons (Fsp3) is 0.231. The summed E-state index contributed by atoms with van der Waals surface area (Å²) in [7, 11) is 0. The molecule has 0 bridgehead atoms. The van der Waals surface area contributed by atoms with Crippen LogP contribution in [0.1, 0.15) is 40.4 Å². The summed E-state index contributed by atoms with van der Waals surface area (Å²) in [5.74, 6) is -1.16. The van der Waals surface area contributed by atoms with Crippen molar-refractivity contribution in [1.29, 1.82) is 0 Å². The van der Waals surface area contributed by atoms with Gasteiger partial charge in [0.05, 0.1) is 11.4 Å². The van der Waals surface area contributed by atoms with Crippen molar-refractivity contribution < 1.29 is 14.7 Å². The van der Waals surface area contributed by atoms with E-state index in [-0.39, 0.29) is 11.5 Å². The number of ketones is 1. The summed E-state index contributed by atoms with van der Waals surface area (Å²) in [6, 6.07) is 6.85. The van der Waals surface area contributed by atoms with E-state index in [0.29, 0.717) is 23.4 Å². The van der Waals surface area contributed by atoms with Gasteiger partial charge >= 0.3 is 5.97 Å². The van der Waals surface area contributed by atoms with Crippen LogP contribution in [0.15, 0.2) is 24.3 Å². The lowest BCUT2D eigenvalue weighted by Gasteiger charge is -2.06. The van der Waals surface area contributed by atoms with Gasteiger partial charge in [-0.2, -0.15) is 0 Å². The lowest BCUT2D eigenvalue weighted by Crippen LogP contribution is -2.06. The van der Waals surface area contributed by atoms with E-state index in [1.54, 1.807) is 24.3 Å². The smallest absolute Gasteiger partial charge is 0.358 e. The van der Waals surface area contributed by atoms with Crippen LogP contribution < -0.4 is 0 Å². The van der Waals surface area contributed by atoms with E-state index in [1.165, 1.54) is 11.6 Å². The fourth-order valence-corrected chi connectivity index (χ4v) is 1.85. The minimum Gasteiger partial charge on any atom is -0.476 e. The van der Waals surface area contributed by atoms with Crippen LogP contribution in [0.5, 0.6) is 0 Å². The van der Waals surface area contributed by atoms with Crippen LogP contribution in [0.3, 0.4) is 0 Å². The predicted molar refractivity (Wildman–Crippen MR) is 67.7 cm³/mol. The zero-order valence-corrected chi connectivity index (χ0v) is 10.6. The molecule has 1 heterocycles. The normalized spacial score (nSPS) is 10.4. The second kappa shape index (κ2) is 5.01. The summed E-state index contributed by atoms with van der Waals surface area (Å²) in [4.78, 5) is 22.4. The first-order valence-electron chi connectivity index (χ1n) is 5.83. The number of hydrogen-bond donors (Lipinski definition) is 1. The molecule has 1 aromatic heterocycles. The van der Waals surface area contributed by atoms with Gasteiger partial charge in [0.1, 0.15) is 0 Å². The zero-order chi connectivity index (χ0) is 14.0. The molecule has 6 heteroatoms. The molecule has 0 aliphatic heterocycles. The number of carboxylic acids is 1. The monoisotopic (exact) mass is 259 g/mol. The Hall–Kier alpha value is -2.50. The van der Waals surface area contributed by atoms with E-state index in [4.69, 9.17) is 5.11 Å². The van der Waals surface area contributed by atoms with Crippen molar-refractivity contribution in [2.75, 3.05) is 0 Å². The number of rotatable bonds is 4. The van der Waals surface area contributed by atoms with Gasteiger partial charge in [0.2, 0.25) is 0 Å². The van der Waals surface area contributed by atoms with Crippen molar-refractivity contribution in [1.82, 2.24) is 15.0 Å². The summed E-state index contributed by atoms with van der Waals surface area (Å²) >= 11 is 0. The number of carbonyl (C=O) groups is 2. The number of Topliss-reactive ketones (excluding diaryl/α,β-unsaturated/α-hetero) is 1. The highest BCUT2D eigenvalue weighted by molar-refractivity contribution is 5.94. The predicted octanol–water partition coefficient (Wildman–Crippen LogP) is 1.73. The zero-order valence-electron chi connectivity index (χ0n) is 10.6. The van der Waals surface area contributed by atoms with Gasteiger partial charge in [0.15, 0.2) is 11.5 Å². The summed E-state index contributed by atoms with van der Waals surface area (Å²) in [5.41, 5.74) is 1.63.